The third-order valence-electron chi connectivity index (χ3n) is 5.46. The Labute approximate surface area is 192 Å². The van der Waals surface area contributed by atoms with Gasteiger partial charge in [0.1, 0.15) is 0 Å². The molecule has 12 heteroatoms. The molecule has 0 aliphatic heterocycles. The molecular weight excluding hydrogens is 432 g/mol. The molecule has 1 rings (SSSR count). The van der Waals surface area contributed by atoms with Crippen molar-refractivity contribution in [1.82, 2.24) is 14.9 Å². The van der Waals surface area contributed by atoms with Gasteiger partial charge in [0.2, 0.25) is 17.4 Å². The fourth-order valence-corrected chi connectivity index (χ4v) is 3.55. The van der Waals surface area contributed by atoms with Gasteiger partial charge in [0, 0.05) is 12.6 Å². The van der Waals surface area contributed by atoms with Crippen LogP contribution in [0.25, 0.3) is 0 Å². The van der Waals surface area contributed by atoms with Crippen LogP contribution >= 0.6 is 0 Å². The molecule has 0 aliphatic carbocycles. The van der Waals surface area contributed by atoms with Crippen molar-refractivity contribution in [3.63, 3.8) is 0 Å². The van der Waals surface area contributed by atoms with Crippen LogP contribution in [0.15, 0.2) is 12.5 Å². The number of H-pyrrole nitrogens is 1. The first-order valence-corrected chi connectivity index (χ1v) is 10.8. The lowest BCUT2D eigenvalue weighted by atomic mass is 9.79. The molecular formula is C21H36N6O6. The van der Waals surface area contributed by atoms with Crippen LogP contribution < -0.4 is 17.2 Å². The monoisotopic (exact) mass is 468 g/mol. The average molecular weight is 469 g/mol. The molecule has 0 aliphatic rings. The minimum Gasteiger partial charge on any atom is -0.479 e. The highest BCUT2D eigenvalue weighted by Crippen LogP contribution is 2.28. The second-order valence-corrected chi connectivity index (χ2v) is 9.00. The maximum atomic E-state index is 13.5. The maximum absolute atomic E-state index is 13.5. The molecule has 0 bridgehead atoms. The van der Waals surface area contributed by atoms with E-state index < -0.39 is 59.3 Å². The molecule has 0 aromatic carbocycles. The summed E-state index contributed by atoms with van der Waals surface area (Å²) in [5.41, 5.74) is 15.3. The summed E-state index contributed by atoms with van der Waals surface area (Å²) in [4.78, 5) is 59.8. The molecule has 0 saturated carbocycles. The fourth-order valence-electron chi connectivity index (χ4n) is 3.55. The molecule has 33 heavy (non-hydrogen) atoms. The van der Waals surface area contributed by atoms with Gasteiger partial charge < -0.3 is 32.4 Å². The van der Waals surface area contributed by atoms with Gasteiger partial charge in [0.25, 0.3) is 0 Å². The number of aromatic amines is 1. The third-order valence-corrected chi connectivity index (χ3v) is 5.46. The number of Topliss-reactive ketones (excluding diaryl/α,β-unsaturated/α-hetero) is 1. The molecule has 0 saturated heterocycles. The molecule has 2 amide bonds. The maximum Gasteiger partial charge on any atom is 0.340 e. The molecule has 5 atom stereocenters. The number of carboxylic acid groups (broad SMARTS) is 1. The van der Waals surface area contributed by atoms with E-state index in [0.29, 0.717) is 5.69 Å². The number of amides is 2. The van der Waals surface area contributed by atoms with Crippen LogP contribution in [0.2, 0.25) is 0 Å². The summed E-state index contributed by atoms with van der Waals surface area (Å²) in [5, 5.41) is 20.8. The van der Waals surface area contributed by atoms with Gasteiger partial charge in [-0.25, -0.2) is 9.78 Å². The van der Waals surface area contributed by atoms with Gasteiger partial charge in [0.15, 0.2) is 5.78 Å². The Morgan fingerprint density at radius 3 is 2.00 bits per heavy atom. The number of aliphatic hydroxyl groups is 1. The van der Waals surface area contributed by atoms with Gasteiger partial charge in [-0.3, -0.25) is 19.3 Å². The number of aliphatic hydroxyl groups excluding tert-OH is 1. The Bertz CT molecular complexity index is 840. The standard InChI is InChI=1S/C21H36N6O6/c1-10(2)6-14(22)18(30)27(19(31)15(23)7-13-8-25-9-26-13)21(12(5)28,20(32)33)17(29)16(24)11(3)4/h8-12,14-16,28H,6-7,22-24H2,1-5H3,(H,25,26)(H,32,33). The van der Waals surface area contributed by atoms with E-state index in [2.05, 4.69) is 9.97 Å². The van der Waals surface area contributed by atoms with Crippen LogP contribution in [0.3, 0.4) is 0 Å². The summed E-state index contributed by atoms with van der Waals surface area (Å²) in [6.45, 7) is 7.70. The van der Waals surface area contributed by atoms with E-state index in [4.69, 9.17) is 17.2 Å². The quantitative estimate of drug-likeness (QED) is 0.200. The zero-order valence-corrected chi connectivity index (χ0v) is 19.7. The SMILES string of the molecule is CC(C)CC(N)C(=O)N(C(=O)C(N)Cc1c[nH]cn1)C(C(=O)O)(C(=O)C(N)C(C)C)C(C)O. The Morgan fingerprint density at radius 2 is 1.61 bits per heavy atom. The van der Waals surface area contributed by atoms with Gasteiger partial charge in [0.05, 0.1) is 36.3 Å². The minimum absolute atomic E-state index is 0.0852. The predicted molar refractivity (Wildman–Crippen MR) is 119 cm³/mol. The number of aromatic nitrogens is 2. The lowest BCUT2D eigenvalue weighted by molar-refractivity contribution is -0.180. The Hall–Kier alpha value is -2.67. The summed E-state index contributed by atoms with van der Waals surface area (Å²) in [5.74, 6) is -6.08. The van der Waals surface area contributed by atoms with Gasteiger partial charge in [-0.15, -0.1) is 0 Å². The van der Waals surface area contributed by atoms with E-state index in [-0.39, 0.29) is 23.7 Å². The first-order chi connectivity index (χ1) is 15.2. The third kappa shape index (κ3) is 6.02. The van der Waals surface area contributed by atoms with Crippen molar-refractivity contribution in [3.8, 4) is 0 Å². The molecule has 186 valence electrons. The van der Waals surface area contributed by atoms with Crippen LogP contribution in [0.5, 0.6) is 0 Å². The Morgan fingerprint density at radius 1 is 1.06 bits per heavy atom. The summed E-state index contributed by atoms with van der Waals surface area (Å²) in [6.07, 6.45) is 0.756. The number of nitrogens with one attached hydrogen (secondary N) is 1. The number of hydrogen-bond acceptors (Lipinski definition) is 9. The number of carbonyl (C=O) groups is 4. The Balaban J connectivity index is 3.71. The number of carbonyl (C=O) groups excluding carboxylic acids is 3. The van der Waals surface area contributed by atoms with Crippen LogP contribution in [0.1, 0.15) is 46.7 Å². The van der Waals surface area contributed by atoms with Crippen LogP contribution in [-0.4, -0.2) is 78.4 Å². The predicted octanol–water partition coefficient (Wildman–Crippen LogP) is -1.24. The van der Waals surface area contributed by atoms with Crippen molar-refractivity contribution in [1.29, 1.82) is 0 Å². The second kappa shape index (κ2) is 11.5. The first-order valence-electron chi connectivity index (χ1n) is 10.8. The number of hydrogen-bond donors (Lipinski definition) is 6. The molecule has 0 spiro atoms. The summed E-state index contributed by atoms with van der Waals surface area (Å²) in [7, 11) is 0. The number of rotatable bonds is 12. The van der Waals surface area contributed by atoms with E-state index >= 15 is 0 Å². The van der Waals surface area contributed by atoms with Gasteiger partial charge in [-0.1, -0.05) is 27.7 Å². The first kappa shape index (κ1) is 28.4. The molecule has 1 heterocycles. The van der Waals surface area contributed by atoms with Gasteiger partial charge in [-0.2, -0.15) is 0 Å². The molecule has 1 aromatic rings. The zero-order valence-electron chi connectivity index (χ0n) is 19.7. The molecule has 1 aromatic heterocycles. The van der Waals surface area contributed by atoms with Crippen molar-refractivity contribution >= 4 is 23.6 Å². The molecule has 9 N–H and O–H groups in total. The van der Waals surface area contributed by atoms with E-state index in [1.54, 1.807) is 27.7 Å². The highest BCUT2D eigenvalue weighted by Gasteiger charge is 2.61. The number of aliphatic carboxylic acids is 1. The highest BCUT2D eigenvalue weighted by molar-refractivity contribution is 6.18. The summed E-state index contributed by atoms with van der Waals surface area (Å²) in [6, 6.07) is -4.18. The molecule has 0 fully saturated rings. The Kier molecular flexibility index (Phi) is 9.85. The number of imidazole rings is 1. The topological polar surface area (TPSA) is 219 Å². The lowest BCUT2D eigenvalue weighted by Gasteiger charge is -2.43. The number of imide groups is 1. The number of carboxylic acids is 1. The smallest absolute Gasteiger partial charge is 0.340 e. The normalized spacial score (nSPS) is 17.2. The van der Waals surface area contributed by atoms with E-state index in [9.17, 15) is 29.4 Å². The summed E-state index contributed by atoms with van der Waals surface area (Å²) >= 11 is 0. The van der Waals surface area contributed by atoms with Crippen LogP contribution in [0.4, 0.5) is 0 Å². The highest BCUT2D eigenvalue weighted by atomic mass is 16.4. The fraction of sp³-hybridized carbons (Fsp3) is 0.667. The van der Waals surface area contributed by atoms with Crippen molar-refractivity contribution in [3.05, 3.63) is 18.2 Å². The lowest BCUT2D eigenvalue weighted by Crippen LogP contribution is -2.75. The largest absolute Gasteiger partial charge is 0.479 e. The second-order valence-electron chi connectivity index (χ2n) is 9.00. The van der Waals surface area contributed by atoms with Crippen molar-refractivity contribution < 1.29 is 29.4 Å². The minimum atomic E-state index is -3.02. The van der Waals surface area contributed by atoms with Crippen molar-refractivity contribution in [2.75, 3.05) is 0 Å². The average Bonchev–Trinajstić information content (AvgIpc) is 3.21. The summed E-state index contributed by atoms with van der Waals surface area (Å²) < 4.78 is 0. The van der Waals surface area contributed by atoms with Crippen LogP contribution in [-0.2, 0) is 25.6 Å². The zero-order chi connectivity index (χ0) is 25.7. The van der Waals surface area contributed by atoms with E-state index in [1.165, 1.54) is 12.5 Å². The van der Waals surface area contributed by atoms with Crippen LogP contribution in [0, 0.1) is 11.8 Å². The molecule has 12 nitrogen and oxygen atoms in total. The molecule has 5 unspecified atom stereocenters. The van der Waals surface area contributed by atoms with E-state index in [1.807, 2.05) is 0 Å². The van der Waals surface area contributed by atoms with Gasteiger partial charge >= 0.3 is 5.97 Å². The number of ketones is 1. The van der Waals surface area contributed by atoms with E-state index in [0.717, 1.165) is 6.92 Å². The van der Waals surface area contributed by atoms with Crippen molar-refractivity contribution in [2.45, 2.75) is 77.2 Å². The van der Waals surface area contributed by atoms with Gasteiger partial charge in [-0.05, 0) is 25.2 Å². The van der Waals surface area contributed by atoms with Crippen molar-refractivity contribution in [2.24, 2.45) is 29.0 Å². The number of nitrogens with two attached hydrogens (primary N) is 3. The number of nitrogens with zero attached hydrogens (tertiary/aromatic N) is 2. The molecule has 0 radical (unpaired) electrons.